The van der Waals surface area contributed by atoms with Gasteiger partial charge >= 0.3 is 0 Å². The predicted octanol–water partition coefficient (Wildman–Crippen LogP) is 2.93. The maximum atomic E-state index is 9.72. The molecule has 0 saturated heterocycles. The zero-order chi connectivity index (χ0) is 10.3. The number of hydrogen-bond acceptors (Lipinski definition) is 2. The second kappa shape index (κ2) is 3.28. The molecule has 0 atom stereocenters. The van der Waals surface area contributed by atoms with E-state index in [1.165, 1.54) is 0 Å². The maximum absolute atomic E-state index is 9.72. The summed E-state index contributed by atoms with van der Waals surface area (Å²) >= 11 is 3.38. The van der Waals surface area contributed by atoms with Gasteiger partial charge in [0.1, 0.15) is 10.4 Å². The van der Waals surface area contributed by atoms with E-state index in [0.29, 0.717) is 0 Å². The fourth-order valence-electron chi connectivity index (χ4n) is 1.49. The van der Waals surface area contributed by atoms with Crippen LogP contribution in [0.4, 0.5) is 0 Å². The molecule has 2 aromatic rings. The Morgan fingerprint density at radius 3 is 2.79 bits per heavy atom. The number of hydrogen-bond donors (Lipinski definition) is 1. The van der Waals surface area contributed by atoms with Gasteiger partial charge in [0.2, 0.25) is 0 Å². The Morgan fingerprint density at radius 1 is 1.43 bits per heavy atom. The minimum atomic E-state index is 0.226. The van der Waals surface area contributed by atoms with Crippen LogP contribution < -0.4 is 0 Å². The van der Waals surface area contributed by atoms with Crippen molar-refractivity contribution in [3.05, 3.63) is 28.6 Å². The smallest absolute Gasteiger partial charge is 0.197 e. The highest BCUT2D eigenvalue weighted by molar-refractivity contribution is 9.10. The van der Waals surface area contributed by atoms with E-state index in [2.05, 4.69) is 20.9 Å². The highest BCUT2D eigenvalue weighted by Crippen LogP contribution is 2.27. The van der Waals surface area contributed by atoms with Gasteiger partial charge in [0.15, 0.2) is 5.88 Å². The lowest BCUT2D eigenvalue weighted by Crippen LogP contribution is -1.96. The summed E-state index contributed by atoms with van der Waals surface area (Å²) in [5, 5.41) is 9.72. The SMILES string of the molecule is CC(C)c1nc(Br)c2cccc(O)n12. The molecular formula is C10H11BrN2O. The van der Waals surface area contributed by atoms with Crippen molar-refractivity contribution in [3.63, 3.8) is 0 Å². The molecule has 0 radical (unpaired) electrons. The van der Waals surface area contributed by atoms with E-state index >= 15 is 0 Å². The standard InChI is InChI=1S/C10H11BrN2O/c1-6(2)10-12-9(11)7-4-3-5-8(14)13(7)10/h3-6,14H,1-2H3. The van der Waals surface area contributed by atoms with Crippen LogP contribution in [0.3, 0.4) is 0 Å². The molecule has 0 aromatic carbocycles. The molecule has 0 unspecified atom stereocenters. The Kier molecular flexibility index (Phi) is 2.23. The first kappa shape index (κ1) is 9.52. The van der Waals surface area contributed by atoms with Gasteiger partial charge in [-0.1, -0.05) is 19.9 Å². The summed E-state index contributed by atoms with van der Waals surface area (Å²) in [6, 6.07) is 5.39. The molecule has 2 aromatic heterocycles. The molecule has 0 saturated carbocycles. The van der Waals surface area contributed by atoms with Gasteiger partial charge in [-0.3, -0.25) is 4.40 Å². The van der Waals surface area contributed by atoms with Crippen molar-refractivity contribution in [2.24, 2.45) is 0 Å². The molecule has 0 bridgehead atoms. The highest BCUT2D eigenvalue weighted by Gasteiger charge is 2.13. The van der Waals surface area contributed by atoms with Gasteiger partial charge in [-0.05, 0) is 28.1 Å². The number of fused-ring (bicyclic) bond motifs is 1. The van der Waals surface area contributed by atoms with Gasteiger partial charge in [-0.2, -0.15) is 0 Å². The van der Waals surface area contributed by atoms with E-state index < -0.39 is 0 Å². The van der Waals surface area contributed by atoms with E-state index in [-0.39, 0.29) is 11.8 Å². The second-order valence-corrected chi connectivity index (χ2v) is 4.27. The number of imidazole rings is 1. The summed E-state index contributed by atoms with van der Waals surface area (Å²) in [5.41, 5.74) is 0.897. The number of rotatable bonds is 1. The lowest BCUT2D eigenvalue weighted by Gasteiger charge is -2.05. The van der Waals surface area contributed by atoms with E-state index in [1.54, 1.807) is 16.5 Å². The molecule has 0 aliphatic heterocycles. The molecule has 0 spiro atoms. The molecule has 14 heavy (non-hydrogen) atoms. The molecule has 3 nitrogen and oxygen atoms in total. The molecular weight excluding hydrogens is 244 g/mol. The summed E-state index contributed by atoms with van der Waals surface area (Å²) < 4.78 is 2.53. The van der Waals surface area contributed by atoms with Crippen LogP contribution in [-0.2, 0) is 0 Å². The third kappa shape index (κ3) is 1.30. The first-order chi connectivity index (χ1) is 6.61. The molecule has 2 heterocycles. The molecule has 0 fully saturated rings. The summed E-state index contributed by atoms with van der Waals surface area (Å²) in [7, 11) is 0. The quantitative estimate of drug-likeness (QED) is 0.850. The van der Waals surface area contributed by atoms with Gasteiger partial charge in [-0.15, -0.1) is 0 Å². The Morgan fingerprint density at radius 2 is 2.14 bits per heavy atom. The minimum absolute atomic E-state index is 0.226. The maximum Gasteiger partial charge on any atom is 0.197 e. The summed E-state index contributed by atoms with van der Waals surface area (Å²) in [5.74, 6) is 1.37. The van der Waals surface area contributed by atoms with Gasteiger partial charge in [-0.25, -0.2) is 4.98 Å². The Hall–Kier alpha value is -1.03. The van der Waals surface area contributed by atoms with Crippen molar-refractivity contribution in [2.45, 2.75) is 19.8 Å². The van der Waals surface area contributed by atoms with Crippen LogP contribution in [-0.4, -0.2) is 14.5 Å². The van der Waals surface area contributed by atoms with Crippen LogP contribution in [0.2, 0.25) is 0 Å². The summed E-state index contributed by atoms with van der Waals surface area (Å²) in [6.07, 6.45) is 0. The Bertz CT molecular complexity index is 476. The van der Waals surface area contributed by atoms with Crippen LogP contribution in [0.15, 0.2) is 22.8 Å². The number of halogens is 1. The third-order valence-corrected chi connectivity index (χ3v) is 2.72. The molecule has 0 aliphatic rings. The van der Waals surface area contributed by atoms with Crippen LogP contribution in [0.5, 0.6) is 5.88 Å². The van der Waals surface area contributed by atoms with E-state index in [4.69, 9.17) is 0 Å². The highest BCUT2D eigenvalue weighted by atomic mass is 79.9. The van der Waals surface area contributed by atoms with E-state index in [0.717, 1.165) is 15.9 Å². The minimum Gasteiger partial charge on any atom is -0.494 e. The summed E-state index contributed by atoms with van der Waals surface area (Å²) in [4.78, 5) is 4.37. The van der Waals surface area contributed by atoms with Crippen molar-refractivity contribution in [2.75, 3.05) is 0 Å². The van der Waals surface area contributed by atoms with Crippen molar-refractivity contribution in [3.8, 4) is 5.88 Å². The Labute approximate surface area is 90.5 Å². The predicted molar refractivity (Wildman–Crippen MR) is 58.6 cm³/mol. The van der Waals surface area contributed by atoms with Crippen LogP contribution >= 0.6 is 15.9 Å². The molecule has 4 heteroatoms. The van der Waals surface area contributed by atoms with Gasteiger partial charge < -0.3 is 5.11 Å². The average molecular weight is 255 g/mol. The monoisotopic (exact) mass is 254 g/mol. The number of nitrogens with zero attached hydrogens (tertiary/aromatic N) is 2. The van der Waals surface area contributed by atoms with E-state index in [1.807, 2.05) is 19.9 Å². The van der Waals surface area contributed by atoms with Crippen molar-refractivity contribution in [1.29, 1.82) is 0 Å². The lowest BCUT2D eigenvalue weighted by atomic mass is 10.2. The Balaban J connectivity index is 2.86. The first-order valence-corrected chi connectivity index (χ1v) is 5.26. The second-order valence-electron chi connectivity index (χ2n) is 3.52. The topological polar surface area (TPSA) is 37.5 Å². The number of aromatic nitrogens is 2. The normalized spacial score (nSPS) is 11.4. The number of aromatic hydroxyl groups is 1. The van der Waals surface area contributed by atoms with Crippen molar-refractivity contribution < 1.29 is 5.11 Å². The molecule has 0 amide bonds. The fourth-order valence-corrected chi connectivity index (χ4v) is 1.99. The van der Waals surface area contributed by atoms with Crippen molar-refractivity contribution >= 4 is 21.4 Å². The van der Waals surface area contributed by atoms with Gasteiger partial charge in [0.05, 0.1) is 5.52 Å². The first-order valence-electron chi connectivity index (χ1n) is 4.47. The van der Waals surface area contributed by atoms with Crippen LogP contribution in [0.25, 0.3) is 5.52 Å². The zero-order valence-corrected chi connectivity index (χ0v) is 9.62. The molecule has 2 rings (SSSR count). The van der Waals surface area contributed by atoms with Crippen molar-refractivity contribution in [1.82, 2.24) is 9.38 Å². The third-order valence-electron chi connectivity index (χ3n) is 2.14. The van der Waals surface area contributed by atoms with Crippen LogP contribution in [0.1, 0.15) is 25.6 Å². The fraction of sp³-hybridized carbons (Fsp3) is 0.300. The van der Waals surface area contributed by atoms with Gasteiger partial charge in [0.25, 0.3) is 0 Å². The van der Waals surface area contributed by atoms with Gasteiger partial charge in [0, 0.05) is 5.92 Å². The van der Waals surface area contributed by atoms with Crippen LogP contribution in [0, 0.1) is 0 Å². The zero-order valence-electron chi connectivity index (χ0n) is 8.03. The average Bonchev–Trinajstić information content (AvgIpc) is 2.46. The lowest BCUT2D eigenvalue weighted by molar-refractivity contribution is 0.441. The molecule has 0 aliphatic carbocycles. The molecule has 74 valence electrons. The van der Waals surface area contributed by atoms with E-state index in [9.17, 15) is 5.11 Å². The molecule has 1 N–H and O–H groups in total. The number of pyridine rings is 1. The largest absolute Gasteiger partial charge is 0.494 e. The summed E-state index contributed by atoms with van der Waals surface area (Å²) in [6.45, 7) is 4.10.